The fourth-order valence-corrected chi connectivity index (χ4v) is 4.28. The molecule has 0 aliphatic carbocycles. The fourth-order valence-electron chi connectivity index (χ4n) is 3.50. The molecule has 1 aromatic heterocycles. The van der Waals surface area contributed by atoms with Crippen molar-refractivity contribution < 1.29 is 19.1 Å². The average molecular weight is 518 g/mol. The van der Waals surface area contributed by atoms with Crippen LogP contribution in [0.2, 0.25) is 0 Å². The van der Waals surface area contributed by atoms with Crippen LogP contribution < -0.4 is 20.1 Å². The molecule has 3 aromatic carbocycles. The van der Waals surface area contributed by atoms with Crippen LogP contribution in [0.1, 0.15) is 23.1 Å². The molecule has 0 aliphatic rings. The molecule has 190 valence electrons. The van der Waals surface area contributed by atoms with Gasteiger partial charge in [0.2, 0.25) is 5.91 Å². The van der Waals surface area contributed by atoms with Crippen LogP contribution in [0.4, 0.5) is 11.4 Å². The highest BCUT2D eigenvalue weighted by Gasteiger charge is 2.16. The number of methoxy groups -OCH3 is 2. The van der Waals surface area contributed by atoms with Crippen LogP contribution in [0.3, 0.4) is 0 Å². The Morgan fingerprint density at radius 3 is 2.03 bits per heavy atom. The monoisotopic (exact) mass is 517 g/mol. The number of thioether (sulfide) groups is 1. The Morgan fingerprint density at radius 2 is 1.43 bits per heavy atom. The first-order chi connectivity index (χ1) is 18.0. The van der Waals surface area contributed by atoms with Crippen molar-refractivity contribution in [2.45, 2.75) is 18.6 Å². The van der Waals surface area contributed by atoms with Crippen LogP contribution >= 0.6 is 11.8 Å². The highest BCUT2D eigenvalue weighted by Crippen LogP contribution is 2.25. The number of ketones is 1. The normalized spacial score (nSPS) is 10.6. The molecule has 0 bridgehead atoms. The SMILES string of the molecule is COc1ccc(NCc2nnc(SCC(=O)Nc3ccc(C(C)=O)cc3)n2-c2ccc(OC)cc2)cc1. The molecule has 1 amide bonds. The van der Waals surface area contributed by atoms with Crippen LogP contribution in [-0.2, 0) is 11.3 Å². The third kappa shape index (κ3) is 6.68. The van der Waals surface area contributed by atoms with Gasteiger partial charge in [-0.15, -0.1) is 10.2 Å². The van der Waals surface area contributed by atoms with E-state index in [0.29, 0.717) is 28.8 Å². The van der Waals surface area contributed by atoms with Crippen LogP contribution in [0.15, 0.2) is 78.0 Å². The lowest BCUT2D eigenvalue weighted by Gasteiger charge is -2.12. The second-order valence-corrected chi connectivity index (χ2v) is 8.93. The molecule has 9 nitrogen and oxygen atoms in total. The second kappa shape index (κ2) is 12.1. The summed E-state index contributed by atoms with van der Waals surface area (Å²) < 4.78 is 12.4. The first-order valence-electron chi connectivity index (χ1n) is 11.5. The van der Waals surface area contributed by atoms with E-state index in [4.69, 9.17) is 9.47 Å². The molecule has 0 spiro atoms. The minimum atomic E-state index is -0.192. The van der Waals surface area contributed by atoms with Crippen LogP contribution in [0.5, 0.6) is 11.5 Å². The van der Waals surface area contributed by atoms with Gasteiger partial charge >= 0.3 is 0 Å². The summed E-state index contributed by atoms with van der Waals surface area (Å²) in [6.45, 7) is 1.92. The minimum Gasteiger partial charge on any atom is -0.497 e. The van der Waals surface area contributed by atoms with E-state index in [1.807, 2.05) is 53.1 Å². The second-order valence-electron chi connectivity index (χ2n) is 7.98. The molecule has 37 heavy (non-hydrogen) atoms. The number of carbonyl (C=O) groups is 2. The van der Waals surface area contributed by atoms with Crippen molar-refractivity contribution in [2.24, 2.45) is 0 Å². The Kier molecular flexibility index (Phi) is 8.42. The third-order valence-corrected chi connectivity index (χ3v) is 6.41. The number of hydrogen-bond acceptors (Lipinski definition) is 8. The van der Waals surface area contributed by atoms with Crippen molar-refractivity contribution >= 4 is 34.8 Å². The highest BCUT2D eigenvalue weighted by atomic mass is 32.2. The van der Waals surface area contributed by atoms with Crippen molar-refractivity contribution in [3.8, 4) is 17.2 Å². The fraction of sp³-hybridized carbons (Fsp3) is 0.185. The van der Waals surface area contributed by atoms with E-state index in [9.17, 15) is 9.59 Å². The lowest BCUT2D eigenvalue weighted by atomic mass is 10.1. The lowest BCUT2D eigenvalue weighted by molar-refractivity contribution is -0.113. The summed E-state index contributed by atoms with van der Waals surface area (Å²) in [4.78, 5) is 24.1. The van der Waals surface area contributed by atoms with Crippen molar-refractivity contribution in [2.75, 3.05) is 30.6 Å². The summed E-state index contributed by atoms with van der Waals surface area (Å²) in [5.41, 5.74) is 2.97. The molecule has 0 fully saturated rings. The van der Waals surface area contributed by atoms with Crippen molar-refractivity contribution in [3.05, 3.63) is 84.2 Å². The molecule has 0 saturated carbocycles. The number of hydrogen-bond donors (Lipinski definition) is 2. The number of aromatic nitrogens is 3. The van der Waals surface area contributed by atoms with E-state index in [1.165, 1.54) is 18.7 Å². The van der Waals surface area contributed by atoms with Crippen molar-refractivity contribution in [1.29, 1.82) is 0 Å². The smallest absolute Gasteiger partial charge is 0.234 e. The zero-order valence-electron chi connectivity index (χ0n) is 20.7. The maximum atomic E-state index is 12.6. The van der Waals surface area contributed by atoms with Crippen LogP contribution in [-0.4, -0.2) is 46.4 Å². The topological polar surface area (TPSA) is 107 Å². The van der Waals surface area contributed by atoms with Gasteiger partial charge in [-0.05, 0) is 79.7 Å². The van der Waals surface area contributed by atoms with Gasteiger partial charge in [-0.1, -0.05) is 11.8 Å². The van der Waals surface area contributed by atoms with Gasteiger partial charge in [0, 0.05) is 22.6 Å². The Morgan fingerprint density at radius 1 is 0.838 bits per heavy atom. The van der Waals surface area contributed by atoms with Crippen LogP contribution in [0.25, 0.3) is 5.69 Å². The predicted octanol–water partition coefficient (Wildman–Crippen LogP) is 4.83. The van der Waals surface area contributed by atoms with E-state index in [-0.39, 0.29) is 17.4 Å². The quantitative estimate of drug-likeness (QED) is 0.215. The third-order valence-electron chi connectivity index (χ3n) is 5.48. The molecule has 1 heterocycles. The molecule has 4 aromatic rings. The molecule has 2 N–H and O–H groups in total. The van der Waals surface area contributed by atoms with Gasteiger partial charge in [-0.3, -0.25) is 14.2 Å². The molecule has 0 atom stereocenters. The van der Waals surface area contributed by atoms with Gasteiger partial charge in [0.25, 0.3) is 0 Å². The number of benzene rings is 3. The molecular formula is C27H27N5O4S. The Balaban J connectivity index is 1.48. The van der Waals surface area contributed by atoms with Gasteiger partial charge in [0.1, 0.15) is 11.5 Å². The summed E-state index contributed by atoms with van der Waals surface area (Å²) >= 11 is 1.28. The largest absolute Gasteiger partial charge is 0.497 e. The molecule has 0 aliphatic heterocycles. The summed E-state index contributed by atoms with van der Waals surface area (Å²) in [7, 11) is 3.24. The standard InChI is InChI=1S/C27H27N5O4S/c1-18(33)19-4-6-21(7-5-19)29-26(34)17-37-27-31-30-25(16-28-20-8-12-23(35-2)13-9-20)32(27)22-10-14-24(36-3)15-11-22/h4-15,28H,16-17H2,1-3H3,(H,29,34). The van der Waals surface area contributed by atoms with Gasteiger partial charge in [-0.2, -0.15) is 0 Å². The predicted molar refractivity (Wildman–Crippen MR) is 144 cm³/mol. The van der Waals surface area contributed by atoms with Gasteiger partial charge in [0.15, 0.2) is 16.8 Å². The molecule has 10 heteroatoms. The zero-order chi connectivity index (χ0) is 26.2. The van der Waals surface area contributed by atoms with E-state index in [0.717, 1.165) is 22.9 Å². The molecule has 0 unspecified atom stereocenters. The number of ether oxygens (including phenoxy) is 2. The Bertz CT molecular complexity index is 1350. The molecular weight excluding hydrogens is 490 g/mol. The maximum absolute atomic E-state index is 12.6. The Labute approximate surface area is 219 Å². The maximum Gasteiger partial charge on any atom is 0.234 e. The van der Waals surface area contributed by atoms with Crippen molar-refractivity contribution in [1.82, 2.24) is 14.8 Å². The van der Waals surface area contributed by atoms with Crippen molar-refractivity contribution in [3.63, 3.8) is 0 Å². The van der Waals surface area contributed by atoms with E-state index < -0.39 is 0 Å². The van der Waals surface area contributed by atoms with E-state index in [1.54, 1.807) is 38.5 Å². The minimum absolute atomic E-state index is 0.0245. The number of carbonyl (C=O) groups excluding carboxylic acids is 2. The number of rotatable bonds is 11. The van der Waals surface area contributed by atoms with E-state index >= 15 is 0 Å². The number of Topliss-reactive ketones (excluding diaryl/α,β-unsaturated/α-hetero) is 1. The van der Waals surface area contributed by atoms with Crippen LogP contribution in [0, 0.1) is 0 Å². The number of nitrogens with one attached hydrogen (secondary N) is 2. The number of nitrogens with zero attached hydrogens (tertiary/aromatic N) is 3. The zero-order valence-corrected chi connectivity index (χ0v) is 21.5. The molecule has 0 saturated heterocycles. The first-order valence-corrected chi connectivity index (χ1v) is 12.5. The summed E-state index contributed by atoms with van der Waals surface area (Å²) in [6.07, 6.45) is 0. The summed E-state index contributed by atoms with van der Waals surface area (Å²) in [5.74, 6) is 2.11. The number of amides is 1. The van der Waals surface area contributed by atoms with Gasteiger partial charge in [-0.25, -0.2) is 0 Å². The molecule has 0 radical (unpaired) electrons. The van der Waals surface area contributed by atoms with Gasteiger partial charge in [0.05, 0.1) is 26.5 Å². The van der Waals surface area contributed by atoms with Gasteiger partial charge < -0.3 is 20.1 Å². The Hall–Kier alpha value is -4.31. The summed E-state index contributed by atoms with van der Waals surface area (Å²) in [6, 6.07) is 22.0. The summed E-state index contributed by atoms with van der Waals surface area (Å²) in [5, 5.41) is 15.5. The average Bonchev–Trinajstić information content (AvgIpc) is 3.34. The van der Waals surface area contributed by atoms with E-state index in [2.05, 4.69) is 20.8 Å². The first kappa shape index (κ1) is 25.8. The molecule has 4 rings (SSSR count). The number of anilines is 2. The highest BCUT2D eigenvalue weighted by molar-refractivity contribution is 7.99. The lowest BCUT2D eigenvalue weighted by Crippen LogP contribution is -2.15.